The Hall–Kier alpha value is -1.70. The third-order valence-electron chi connectivity index (χ3n) is 2.48. The molecule has 0 bridgehead atoms. The zero-order chi connectivity index (χ0) is 15.5. The summed E-state index contributed by atoms with van der Waals surface area (Å²) >= 11 is 0.957. The summed E-state index contributed by atoms with van der Waals surface area (Å²) in [6.07, 6.45) is -2.20. The van der Waals surface area contributed by atoms with Crippen molar-refractivity contribution < 1.29 is 17.6 Å². The van der Waals surface area contributed by atoms with Crippen LogP contribution in [0.3, 0.4) is 0 Å². The van der Waals surface area contributed by atoms with E-state index < -0.39 is 11.7 Å². The zero-order valence-electron chi connectivity index (χ0n) is 11.5. The van der Waals surface area contributed by atoms with Crippen molar-refractivity contribution in [2.45, 2.75) is 36.7 Å². The molecule has 21 heavy (non-hydrogen) atoms. The lowest BCUT2D eigenvalue weighted by atomic mass is 10.2. The number of hydrogen-bond acceptors (Lipinski definition) is 5. The van der Waals surface area contributed by atoms with Crippen LogP contribution in [0, 0.1) is 6.92 Å². The summed E-state index contributed by atoms with van der Waals surface area (Å²) in [5, 5.41) is 3.31. The van der Waals surface area contributed by atoms with Crippen LogP contribution in [0.5, 0.6) is 0 Å². The maximum absolute atomic E-state index is 12.9. The first kappa shape index (κ1) is 15.7. The average molecular weight is 317 g/mol. The molecule has 8 heteroatoms. The molecular weight excluding hydrogens is 303 g/mol. The minimum atomic E-state index is -4.42. The van der Waals surface area contributed by atoms with Crippen LogP contribution < -0.4 is 5.32 Å². The second-order valence-corrected chi connectivity index (χ2v) is 5.33. The SMILES string of the molecule is CCCNc1cc(C(F)(F)F)cc(Sc2nc(C)co2)n1. The van der Waals surface area contributed by atoms with Crippen LogP contribution in [0.15, 0.2) is 33.1 Å². The summed E-state index contributed by atoms with van der Waals surface area (Å²) in [5.74, 6) is 0.192. The van der Waals surface area contributed by atoms with Crippen molar-refractivity contribution in [3.8, 4) is 0 Å². The number of halogens is 3. The molecular formula is C13H14F3N3OS. The van der Waals surface area contributed by atoms with Crippen LogP contribution >= 0.6 is 11.8 Å². The highest BCUT2D eigenvalue weighted by Gasteiger charge is 2.31. The molecule has 2 heterocycles. The fraction of sp³-hybridized carbons (Fsp3) is 0.385. The summed E-state index contributed by atoms with van der Waals surface area (Å²) in [7, 11) is 0. The van der Waals surface area contributed by atoms with Gasteiger partial charge in [-0.1, -0.05) is 6.92 Å². The lowest BCUT2D eigenvalue weighted by molar-refractivity contribution is -0.137. The van der Waals surface area contributed by atoms with Crippen LogP contribution in [-0.4, -0.2) is 16.5 Å². The van der Waals surface area contributed by atoms with Gasteiger partial charge in [-0.05, 0) is 37.2 Å². The maximum atomic E-state index is 12.9. The van der Waals surface area contributed by atoms with E-state index in [4.69, 9.17) is 4.42 Å². The largest absolute Gasteiger partial charge is 0.439 e. The van der Waals surface area contributed by atoms with E-state index in [9.17, 15) is 13.2 Å². The molecule has 0 unspecified atom stereocenters. The molecule has 0 aliphatic carbocycles. The molecule has 0 spiro atoms. The molecule has 2 rings (SSSR count). The Balaban J connectivity index is 2.30. The second kappa shape index (κ2) is 6.38. The number of nitrogens with one attached hydrogen (secondary N) is 1. The van der Waals surface area contributed by atoms with Crippen LogP contribution in [0.2, 0.25) is 0 Å². The molecule has 0 radical (unpaired) electrons. The fourth-order valence-electron chi connectivity index (χ4n) is 1.53. The van der Waals surface area contributed by atoms with E-state index in [1.807, 2.05) is 6.92 Å². The van der Waals surface area contributed by atoms with Crippen molar-refractivity contribution >= 4 is 17.6 Å². The Morgan fingerprint density at radius 1 is 1.29 bits per heavy atom. The maximum Gasteiger partial charge on any atom is 0.416 e. The molecule has 114 valence electrons. The lowest BCUT2D eigenvalue weighted by Crippen LogP contribution is -2.09. The van der Waals surface area contributed by atoms with Crippen molar-refractivity contribution in [2.24, 2.45) is 0 Å². The number of pyridine rings is 1. The van der Waals surface area contributed by atoms with Gasteiger partial charge in [-0.15, -0.1) is 0 Å². The first-order valence-corrected chi connectivity index (χ1v) is 7.13. The predicted octanol–water partition coefficient (Wildman–Crippen LogP) is 4.37. The first-order valence-electron chi connectivity index (χ1n) is 6.31. The summed E-state index contributed by atoms with van der Waals surface area (Å²) in [5.41, 5.74) is -0.0873. The number of nitrogens with zero attached hydrogens (tertiary/aromatic N) is 2. The summed E-state index contributed by atoms with van der Waals surface area (Å²) in [6, 6.07) is 1.99. The standard InChI is InChI=1S/C13H14F3N3OS/c1-3-4-17-10-5-9(13(14,15)16)6-11(19-10)21-12-18-8(2)7-20-12/h5-7H,3-4H2,1-2H3,(H,17,19). The summed E-state index contributed by atoms with van der Waals surface area (Å²) in [6.45, 7) is 4.21. The van der Waals surface area contributed by atoms with E-state index in [0.29, 0.717) is 12.2 Å². The van der Waals surface area contributed by atoms with Gasteiger partial charge in [0, 0.05) is 6.54 Å². The first-order chi connectivity index (χ1) is 9.88. The molecule has 0 aromatic carbocycles. The minimum absolute atomic E-state index is 0.185. The molecule has 0 fully saturated rings. The van der Waals surface area contributed by atoms with Crippen molar-refractivity contribution in [3.63, 3.8) is 0 Å². The number of oxazole rings is 1. The third kappa shape index (κ3) is 4.38. The van der Waals surface area contributed by atoms with E-state index in [1.165, 1.54) is 6.26 Å². The van der Waals surface area contributed by atoms with Crippen LogP contribution in [0.1, 0.15) is 24.6 Å². The lowest BCUT2D eigenvalue weighted by Gasteiger charge is -2.11. The van der Waals surface area contributed by atoms with E-state index >= 15 is 0 Å². The Labute approximate surface area is 124 Å². The van der Waals surface area contributed by atoms with Gasteiger partial charge in [-0.3, -0.25) is 0 Å². The van der Waals surface area contributed by atoms with E-state index in [1.54, 1.807) is 6.92 Å². The van der Waals surface area contributed by atoms with Crippen molar-refractivity contribution in [1.82, 2.24) is 9.97 Å². The van der Waals surface area contributed by atoms with E-state index in [0.717, 1.165) is 30.3 Å². The third-order valence-corrected chi connectivity index (χ3v) is 3.26. The number of rotatable bonds is 5. The molecule has 1 N–H and O–H groups in total. The normalized spacial score (nSPS) is 11.7. The predicted molar refractivity (Wildman–Crippen MR) is 73.4 cm³/mol. The van der Waals surface area contributed by atoms with Gasteiger partial charge in [0.1, 0.15) is 17.1 Å². The Morgan fingerprint density at radius 3 is 2.62 bits per heavy atom. The topological polar surface area (TPSA) is 51.0 Å². The Morgan fingerprint density at radius 2 is 2.05 bits per heavy atom. The molecule has 2 aromatic rings. The van der Waals surface area contributed by atoms with Gasteiger partial charge in [-0.25, -0.2) is 9.97 Å². The number of anilines is 1. The number of alkyl halides is 3. The van der Waals surface area contributed by atoms with Gasteiger partial charge in [0.2, 0.25) is 0 Å². The fourth-order valence-corrected chi connectivity index (χ4v) is 2.33. The van der Waals surface area contributed by atoms with Crippen molar-refractivity contribution in [2.75, 3.05) is 11.9 Å². The quantitative estimate of drug-likeness (QED) is 0.887. The summed E-state index contributed by atoms with van der Waals surface area (Å²) in [4.78, 5) is 8.19. The monoisotopic (exact) mass is 317 g/mol. The molecule has 2 aromatic heterocycles. The Kier molecular flexibility index (Phi) is 4.76. The molecule has 4 nitrogen and oxygen atoms in total. The van der Waals surface area contributed by atoms with Crippen LogP contribution in [0.4, 0.5) is 19.0 Å². The second-order valence-electron chi connectivity index (χ2n) is 4.36. The van der Waals surface area contributed by atoms with E-state index in [-0.39, 0.29) is 16.1 Å². The highest BCUT2D eigenvalue weighted by Crippen LogP contribution is 2.34. The van der Waals surface area contributed by atoms with Crippen molar-refractivity contribution in [3.05, 3.63) is 29.7 Å². The van der Waals surface area contributed by atoms with E-state index in [2.05, 4.69) is 15.3 Å². The number of aryl methyl sites for hydroxylation is 1. The molecule has 0 amide bonds. The zero-order valence-corrected chi connectivity index (χ0v) is 12.3. The molecule has 0 atom stereocenters. The molecule has 0 saturated carbocycles. The number of hydrogen-bond donors (Lipinski definition) is 1. The smallest absolute Gasteiger partial charge is 0.416 e. The van der Waals surface area contributed by atoms with Gasteiger partial charge in [0.05, 0.1) is 11.3 Å². The van der Waals surface area contributed by atoms with Gasteiger partial charge < -0.3 is 9.73 Å². The Bertz CT molecular complexity index is 613. The number of aromatic nitrogens is 2. The molecule has 0 aliphatic rings. The van der Waals surface area contributed by atoms with Crippen LogP contribution in [-0.2, 0) is 6.18 Å². The summed E-state index contributed by atoms with van der Waals surface area (Å²) < 4.78 is 43.9. The average Bonchev–Trinajstić information content (AvgIpc) is 2.80. The van der Waals surface area contributed by atoms with Gasteiger partial charge in [0.15, 0.2) is 0 Å². The van der Waals surface area contributed by atoms with Crippen LogP contribution in [0.25, 0.3) is 0 Å². The van der Waals surface area contributed by atoms with Crippen molar-refractivity contribution in [1.29, 1.82) is 0 Å². The highest BCUT2D eigenvalue weighted by atomic mass is 32.2. The minimum Gasteiger partial charge on any atom is -0.439 e. The molecule has 0 saturated heterocycles. The van der Waals surface area contributed by atoms with Gasteiger partial charge in [-0.2, -0.15) is 13.2 Å². The van der Waals surface area contributed by atoms with Gasteiger partial charge in [0.25, 0.3) is 5.22 Å². The highest BCUT2D eigenvalue weighted by molar-refractivity contribution is 7.99. The molecule has 0 aliphatic heterocycles. The van der Waals surface area contributed by atoms with Gasteiger partial charge >= 0.3 is 6.18 Å².